The molecule has 1 aliphatic heterocycles. The predicted octanol–water partition coefficient (Wildman–Crippen LogP) is 4.06. The van der Waals surface area contributed by atoms with Crippen molar-refractivity contribution < 1.29 is 19.5 Å². The summed E-state index contributed by atoms with van der Waals surface area (Å²) in [4.78, 5) is 40.4. The fourth-order valence-electron chi connectivity index (χ4n) is 3.67. The normalized spacial score (nSPS) is 14.7. The lowest BCUT2D eigenvalue weighted by Gasteiger charge is -2.38. The molecule has 0 aromatic heterocycles. The number of carboxylic acid groups (broad SMARTS) is 1. The monoisotopic (exact) mass is 394 g/mol. The van der Waals surface area contributed by atoms with E-state index < -0.39 is 17.7 Å². The van der Waals surface area contributed by atoms with Crippen molar-refractivity contribution in [2.24, 2.45) is 0 Å². The van der Waals surface area contributed by atoms with E-state index in [1.807, 2.05) is 30.3 Å². The van der Waals surface area contributed by atoms with Gasteiger partial charge in [0.2, 0.25) is 0 Å². The highest BCUT2D eigenvalue weighted by atomic mass is 16.4. The van der Waals surface area contributed by atoms with Gasteiger partial charge in [-0.25, -0.2) is 4.79 Å². The van der Waals surface area contributed by atoms with Crippen molar-refractivity contribution in [1.29, 1.82) is 0 Å². The summed E-state index contributed by atoms with van der Waals surface area (Å²) < 4.78 is 0. The van der Waals surface area contributed by atoms with Gasteiger partial charge in [-0.2, -0.15) is 0 Å². The largest absolute Gasteiger partial charge is 0.465 e. The molecule has 0 saturated carbocycles. The number of imide groups is 1. The molecule has 1 unspecified atom stereocenters. The Labute approximate surface area is 170 Å². The van der Waals surface area contributed by atoms with E-state index >= 15 is 0 Å². The third-order valence-corrected chi connectivity index (χ3v) is 5.23. The molecule has 1 heterocycles. The summed E-state index contributed by atoms with van der Waals surface area (Å²) >= 11 is 0. The molecule has 6 heteroatoms. The maximum atomic E-state index is 13.0. The lowest BCUT2D eigenvalue weighted by atomic mass is 10.0. The summed E-state index contributed by atoms with van der Waals surface area (Å²) in [5, 5.41) is 9.73. The Balaban J connectivity index is 1.91. The van der Waals surface area contributed by atoms with Crippen LogP contribution in [0.25, 0.3) is 0 Å². The molecule has 0 bridgehead atoms. The molecule has 6 nitrogen and oxygen atoms in total. The van der Waals surface area contributed by atoms with Crippen LogP contribution >= 0.6 is 0 Å². The summed E-state index contributed by atoms with van der Waals surface area (Å²) in [5.74, 6) is -0.717. The molecule has 2 aromatic carbocycles. The first-order chi connectivity index (χ1) is 13.7. The Morgan fingerprint density at radius 3 is 1.97 bits per heavy atom. The van der Waals surface area contributed by atoms with Crippen molar-refractivity contribution in [3.8, 4) is 0 Å². The molecule has 0 spiro atoms. The molecule has 1 aliphatic rings. The Morgan fingerprint density at radius 2 is 1.48 bits per heavy atom. The highest BCUT2D eigenvalue weighted by molar-refractivity contribution is 6.21. The molecule has 152 valence electrons. The number of carbonyl (C=O) groups is 3. The second-order valence-corrected chi connectivity index (χ2v) is 8.27. The van der Waals surface area contributed by atoms with E-state index in [0.717, 1.165) is 5.56 Å². The van der Waals surface area contributed by atoms with Gasteiger partial charge >= 0.3 is 6.09 Å². The number of amides is 3. The van der Waals surface area contributed by atoms with Crippen LogP contribution in [0.15, 0.2) is 54.6 Å². The second-order valence-electron chi connectivity index (χ2n) is 8.27. The Morgan fingerprint density at radius 1 is 0.966 bits per heavy atom. The van der Waals surface area contributed by atoms with Crippen molar-refractivity contribution >= 4 is 17.9 Å². The third-order valence-electron chi connectivity index (χ3n) is 5.23. The SMILES string of the molecule is CC(C)(C)N(CC(CCc1ccccc1)N1C(=O)c2ccccc2C1=O)C(=O)O. The maximum Gasteiger partial charge on any atom is 0.407 e. The minimum Gasteiger partial charge on any atom is -0.465 e. The lowest BCUT2D eigenvalue weighted by Crippen LogP contribution is -2.53. The van der Waals surface area contributed by atoms with Crippen molar-refractivity contribution in [1.82, 2.24) is 9.80 Å². The number of nitrogens with zero attached hydrogens (tertiary/aromatic N) is 2. The van der Waals surface area contributed by atoms with Gasteiger partial charge in [0.15, 0.2) is 0 Å². The van der Waals surface area contributed by atoms with Gasteiger partial charge in [0.1, 0.15) is 0 Å². The minimum atomic E-state index is -1.07. The van der Waals surface area contributed by atoms with E-state index in [9.17, 15) is 19.5 Å². The fraction of sp³-hybridized carbons (Fsp3) is 0.348. The average Bonchev–Trinajstić information content (AvgIpc) is 2.93. The van der Waals surface area contributed by atoms with Crippen molar-refractivity contribution in [3.05, 3.63) is 71.3 Å². The van der Waals surface area contributed by atoms with Crippen LogP contribution < -0.4 is 0 Å². The average molecular weight is 394 g/mol. The zero-order chi connectivity index (χ0) is 21.2. The Kier molecular flexibility index (Phi) is 5.73. The zero-order valence-electron chi connectivity index (χ0n) is 17.0. The Bertz CT molecular complexity index is 883. The molecule has 0 fully saturated rings. The summed E-state index contributed by atoms with van der Waals surface area (Å²) in [5.41, 5.74) is 1.17. The fourth-order valence-corrected chi connectivity index (χ4v) is 3.67. The molecule has 0 saturated heterocycles. The van der Waals surface area contributed by atoms with E-state index in [2.05, 4.69) is 0 Å². The van der Waals surface area contributed by atoms with Gasteiger partial charge in [0, 0.05) is 12.1 Å². The Hall–Kier alpha value is -3.15. The van der Waals surface area contributed by atoms with E-state index in [4.69, 9.17) is 0 Å². The molecule has 1 N–H and O–H groups in total. The second kappa shape index (κ2) is 8.07. The summed E-state index contributed by atoms with van der Waals surface area (Å²) in [7, 11) is 0. The molecule has 0 aliphatic carbocycles. The van der Waals surface area contributed by atoms with Crippen LogP contribution in [0.3, 0.4) is 0 Å². The van der Waals surface area contributed by atoms with Crippen molar-refractivity contribution in [2.75, 3.05) is 6.54 Å². The van der Waals surface area contributed by atoms with Crippen molar-refractivity contribution in [3.63, 3.8) is 0 Å². The zero-order valence-corrected chi connectivity index (χ0v) is 17.0. The maximum absolute atomic E-state index is 13.0. The number of fused-ring (bicyclic) bond motifs is 1. The van der Waals surface area contributed by atoms with Gasteiger partial charge in [-0.1, -0.05) is 42.5 Å². The number of rotatable bonds is 6. The lowest BCUT2D eigenvalue weighted by molar-refractivity contribution is 0.0448. The quantitative estimate of drug-likeness (QED) is 0.750. The number of aryl methyl sites for hydroxylation is 1. The van der Waals surface area contributed by atoms with Crippen LogP contribution in [0.4, 0.5) is 4.79 Å². The van der Waals surface area contributed by atoms with Crippen LogP contribution in [-0.4, -0.2) is 50.9 Å². The molecular weight excluding hydrogens is 368 g/mol. The van der Waals surface area contributed by atoms with Crippen LogP contribution in [-0.2, 0) is 6.42 Å². The van der Waals surface area contributed by atoms with Gasteiger partial charge in [0.25, 0.3) is 11.8 Å². The van der Waals surface area contributed by atoms with E-state index in [0.29, 0.717) is 24.0 Å². The first-order valence-electron chi connectivity index (χ1n) is 9.71. The van der Waals surface area contributed by atoms with Gasteiger partial charge in [-0.3, -0.25) is 14.5 Å². The molecule has 29 heavy (non-hydrogen) atoms. The molecule has 2 aromatic rings. The van der Waals surface area contributed by atoms with Crippen LogP contribution in [0.2, 0.25) is 0 Å². The smallest absolute Gasteiger partial charge is 0.407 e. The van der Waals surface area contributed by atoms with Gasteiger partial charge in [-0.05, 0) is 51.3 Å². The van der Waals surface area contributed by atoms with Crippen LogP contribution in [0.5, 0.6) is 0 Å². The molecule has 3 amide bonds. The third kappa shape index (κ3) is 4.31. The molecule has 0 radical (unpaired) electrons. The first-order valence-corrected chi connectivity index (χ1v) is 9.71. The topological polar surface area (TPSA) is 77.9 Å². The summed E-state index contributed by atoms with van der Waals surface area (Å²) in [6.07, 6.45) is 0.0464. The van der Waals surface area contributed by atoms with Crippen LogP contribution in [0, 0.1) is 0 Å². The van der Waals surface area contributed by atoms with E-state index in [1.165, 1.54) is 9.80 Å². The van der Waals surface area contributed by atoms with Crippen molar-refractivity contribution in [2.45, 2.75) is 45.2 Å². The van der Waals surface area contributed by atoms with Crippen LogP contribution in [0.1, 0.15) is 53.5 Å². The van der Waals surface area contributed by atoms with Gasteiger partial charge in [-0.15, -0.1) is 0 Å². The number of hydrogen-bond donors (Lipinski definition) is 1. The highest BCUT2D eigenvalue weighted by Gasteiger charge is 2.41. The highest BCUT2D eigenvalue weighted by Crippen LogP contribution is 2.28. The van der Waals surface area contributed by atoms with E-state index in [1.54, 1.807) is 45.0 Å². The molecular formula is C23H26N2O4. The summed E-state index contributed by atoms with van der Waals surface area (Å²) in [6, 6.07) is 15.9. The first kappa shape index (κ1) is 20.6. The molecule has 3 rings (SSSR count). The number of benzene rings is 2. The number of carbonyl (C=O) groups excluding carboxylic acids is 2. The minimum absolute atomic E-state index is 0.0666. The van der Waals surface area contributed by atoms with Gasteiger partial charge < -0.3 is 10.0 Å². The standard InChI is InChI=1S/C23H26N2O4/c1-23(2,3)24(22(28)29)15-17(14-13-16-9-5-4-6-10-16)25-20(26)18-11-7-8-12-19(18)21(25)27/h4-12,17H,13-15H2,1-3H3,(H,28,29). The number of hydrogen-bond acceptors (Lipinski definition) is 3. The van der Waals surface area contributed by atoms with E-state index in [-0.39, 0.29) is 18.4 Å². The predicted molar refractivity (Wildman–Crippen MR) is 110 cm³/mol. The summed E-state index contributed by atoms with van der Waals surface area (Å²) in [6.45, 7) is 5.48. The van der Waals surface area contributed by atoms with Gasteiger partial charge in [0.05, 0.1) is 17.2 Å². The molecule has 1 atom stereocenters.